The number of nitrogens with zero attached hydrogens (tertiary/aromatic N) is 1. The van der Waals surface area contributed by atoms with E-state index in [1.54, 1.807) is 18.3 Å². The van der Waals surface area contributed by atoms with Crippen molar-refractivity contribution in [1.29, 1.82) is 0 Å². The molecule has 1 heterocycles. The molecular weight excluding hydrogens is 345 g/mol. The van der Waals surface area contributed by atoms with Crippen LogP contribution in [0.5, 0.6) is 5.75 Å². The van der Waals surface area contributed by atoms with Gasteiger partial charge in [-0.2, -0.15) is 0 Å². The second-order valence-electron chi connectivity index (χ2n) is 3.50. The maximum atomic E-state index is 12.1. The van der Waals surface area contributed by atoms with E-state index in [2.05, 4.69) is 31.0 Å². The van der Waals surface area contributed by atoms with E-state index in [4.69, 9.17) is 0 Å². The Bertz CT molecular complexity index is 545. The highest BCUT2D eigenvalue weighted by molar-refractivity contribution is 9.10. The third-order valence-corrected chi connectivity index (χ3v) is 3.45. The largest absolute Gasteiger partial charge is 0.573 e. The summed E-state index contributed by atoms with van der Waals surface area (Å²) < 4.78 is 40.4. The van der Waals surface area contributed by atoms with Crippen LogP contribution in [0.25, 0.3) is 0 Å². The van der Waals surface area contributed by atoms with Crippen molar-refractivity contribution in [2.75, 3.05) is 5.32 Å². The molecule has 19 heavy (non-hydrogen) atoms. The van der Waals surface area contributed by atoms with E-state index in [1.165, 1.54) is 17.4 Å². The van der Waals surface area contributed by atoms with Crippen LogP contribution < -0.4 is 10.1 Å². The summed E-state index contributed by atoms with van der Waals surface area (Å²) in [6.45, 7) is 0.471. The molecule has 1 N–H and O–H groups in total. The molecule has 0 aliphatic rings. The molecule has 0 bridgehead atoms. The second-order valence-corrected chi connectivity index (χ2v) is 5.25. The van der Waals surface area contributed by atoms with E-state index in [-0.39, 0.29) is 10.2 Å². The summed E-state index contributed by atoms with van der Waals surface area (Å²) in [7, 11) is 0. The van der Waals surface area contributed by atoms with Crippen molar-refractivity contribution in [1.82, 2.24) is 4.98 Å². The Labute approximate surface area is 119 Å². The average molecular weight is 353 g/mol. The van der Waals surface area contributed by atoms with Crippen LogP contribution in [-0.2, 0) is 6.54 Å². The SMILES string of the molecule is FC(F)(F)Oc1ccc(CNc2nccs2)cc1Br. The van der Waals surface area contributed by atoms with Crippen molar-refractivity contribution in [2.45, 2.75) is 12.9 Å². The zero-order valence-electron chi connectivity index (χ0n) is 9.37. The van der Waals surface area contributed by atoms with Gasteiger partial charge in [-0.15, -0.1) is 24.5 Å². The van der Waals surface area contributed by atoms with E-state index < -0.39 is 6.36 Å². The molecule has 2 rings (SSSR count). The normalized spacial score (nSPS) is 11.4. The van der Waals surface area contributed by atoms with Crippen molar-refractivity contribution in [3.63, 3.8) is 0 Å². The zero-order valence-corrected chi connectivity index (χ0v) is 11.8. The lowest BCUT2D eigenvalue weighted by atomic mass is 10.2. The van der Waals surface area contributed by atoms with Crippen LogP contribution in [0.1, 0.15) is 5.56 Å². The van der Waals surface area contributed by atoms with Crippen LogP contribution in [0.15, 0.2) is 34.2 Å². The fraction of sp³-hybridized carbons (Fsp3) is 0.182. The van der Waals surface area contributed by atoms with Gasteiger partial charge in [-0.05, 0) is 33.6 Å². The van der Waals surface area contributed by atoms with E-state index >= 15 is 0 Å². The van der Waals surface area contributed by atoms with Crippen LogP contribution in [0.2, 0.25) is 0 Å². The summed E-state index contributed by atoms with van der Waals surface area (Å²) in [5, 5.41) is 5.65. The maximum absolute atomic E-state index is 12.1. The van der Waals surface area contributed by atoms with Crippen molar-refractivity contribution >= 4 is 32.4 Å². The van der Waals surface area contributed by atoms with Crippen LogP contribution in [0, 0.1) is 0 Å². The predicted molar refractivity (Wildman–Crippen MR) is 70.3 cm³/mol. The number of alkyl halides is 3. The monoisotopic (exact) mass is 352 g/mol. The van der Waals surface area contributed by atoms with Gasteiger partial charge >= 0.3 is 6.36 Å². The molecule has 0 fully saturated rings. The lowest BCUT2D eigenvalue weighted by Crippen LogP contribution is -2.17. The van der Waals surface area contributed by atoms with Gasteiger partial charge in [0.25, 0.3) is 0 Å². The Morgan fingerprint density at radius 1 is 1.37 bits per heavy atom. The summed E-state index contributed by atoms with van der Waals surface area (Å²) in [6, 6.07) is 4.41. The number of thiazole rings is 1. The molecule has 0 unspecified atom stereocenters. The molecule has 0 aliphatic heterocycles. The predicted octanol–water partition coefficient (Wildman–Crippen LogP) is 4.42. The first-order valence-corrected chi connectivity index (χ1v) is 6.79. The Morgan fingerprint density at radius 2 is 2.16 bits per heavy atom. The highest BCUT2D eigenvalue weighted by atomic mass is 79.9. The minimum Gasteiger partial charge on any atom is -0.405 e. The number of anilines is 1. The van der Waals surface area contributed by atoms with E-state index in [0.29, 0.717) is 6.54 Å². The van der Waals surface area contributed by atoms with Crippen LogP contribution in [0.4, 0.5) is 18.3 Å². The van der Waals surface area contributed by atoms with Gasteiger partial charge in [0.05, 0.1) is 4.47 Å². The summed E-state index contributed by atoms with van der Waals surface area (Å²) in [6.07, 6.45) is -3.02. The summed E-state index contributed by atoms with van der Waals surface area (Å²) >= 11 is 4.50. The van der Waals surface area contributed by atoms with E-state index in [9.17, 15) is 13.2 Å². The van der Waals surface area contributed by atoms with Crippen molar-refractivity contribution in [3.05, 3.63) is 39.8 Å². The van der Waals surface area contributed by atoms with Gasteiger partial charge in [0.1, 0.15) is 5.75 Å². The van der Waals surface area contributed by atoms with Gasteiger partial charge in [-0.1, -0.05) is 6.07 Å². The topological polar surface area (TPSA) is 34.1 Å². The molecule has 2 aromatic rings. The van der Waals surface area contributed by atoms with Gasteiger partial charge in [0, 0.05) is 18.1 Å². The molecule has 1 aromatic heterocycles. The Morgan fingerprint density at radius 3 is 2.74 bits per heavy atom. The molecule has 0 saturated carbocycles. The standard InChI is InChI=1S/C11H8BrF3N2OS/c12-8-5-7(6-17-10-16-3-4-19-10)1-2-9(8)18-11(13,14)15/h1-5H,6H2,(H,16,17). The molecule has 0 saturated heterocycles. The van der Waals surface area contributed by atoms with Crippen molar-refractivity contribution < 1.29 is 17.9 Å². The smallest absolute Gasteiger partial charge is 0.405 e. The summed E-state index contributed by atoms with van der Waals surface area (Å²) in [4.78, 5) is 4.04. The van der Waals surface area contributed by atoms with E-state index in [0.717, 1.165) is 10.7 Å². The van der Waals surface area contributed by atoms with E-state index in [1.807, 2.05) is 5.38 Å². The number of aromatic nitrogens is 1. The fourth-order valence-electron chi connectivity index (χ4n) is 1.35. The van der Waals surface area contributed by atoms with Gasteiger partial charge in [-0.25, -0.2) is 4.98 Å². The number of hydrogen-bond acceptors (Lipinski definition) is 4. The summed E-state index contributed by atoms with van der Waals surface area (Å²) in [5.41, 5.74) is 0.816. The minimum atomic E-state index is -4.69. The number of benzene rings is 1. The molecule has 102 valence electrons. The van der Waals surface area contributed by atoms with Gasteiger partial charge < -0.3 is 10.1 Å². The Balaban J connectivity index is 2.02. The number of halogens is 4. The Kier molecular flexibility index (Phi) is 4.31. The fourth-order valence-corrected chi connectivity index (χ4v) is 2.39. The lowest BCUT2D eigenvalue weighted by molar-refractivity contribution is -0.274. The third kappa shape index (κ3) is 4.39. The van der Waals surface area contributed by atoms with Crippen LogP contribution >= 0.6 is 27.3 Å². The quantitative estimate of drug-likeness (QED) is 0.884. The molecule has 0 spiro atoms. The molecule has 0 radical (unpaired) electrons. The van der Waals surface area contributed by atoms with Crippen molar-refractivity contribution in [2.24, 2.45) is 0 Å². The first-order chi connectivity index (χ1) is 8.94. The molecular formula is C11H8BrF3N2OS. The lowest BCUT2D eigenvalue weighted by Gasteiger charge is -2.11. The first kappa shape index (κ1) is 14.1. The van der Waals surface area contributed by atoms with Gasteiger partial charge in [0.15, 0.2) is 5.13 Å². The first-order valence-electron chi connectivity index (χ1n) is 5.11. The summed E-state index contributed by atoms with van der Waals surface area (Å²) in [5.74, 6) is -0.259. The molecule has 8 heteroatoms. The highest BCUT2D eigenvalue weighted by Gasteiger charge is 2.31. The molecule has 0 amide bonds. The Hall–Kier alpha value is -1.28. The number of hydrogen-bond donors (Lipinski definition) is 1. The molecule has 1 aromatic carbocycles. The second kappa shape index (κ2) is 5.79. The van der Waals surface area contributed by atoms with Crippen molar-refractivity contribution in [3.8, 4) is 5.75 Å². The van der Waals surface area contributed by atoms with Gasteiger partial charge in [0.2, 0.25) is 0 Å². The zero-order chi connectivity index (χ0) is 13.9. The highest BCUT2D eigenvalue weighted by Crippen LogP contribution is 2.31. The average Bonchev–Trinajstić information content (AvgIpc) is 2.81. The number of ether oxygens (including phenoxy) is 1. The van der Waals surface area contributed by atoms with Gasteiger partial charge in [-0.3, -0.25) is 0 Å². The number of rotatable bonds is 4. The van der Waals surface area contributed by atoms with Crippen LogP contribution in [-0.4, -0.2) is 11.3 Å². The molecule has 0 atom stereocenters. The minimum absolute atomic E-state index is 0.253. The molecule has 0 aliphatic carbocycles. The maximum Gasteiger partial charge on any atom is 0.573 e. The van der Waals surface area contributed by atoms with Crippen LogP contribution in [0.3, 0.4) is 0 Å². The molecule has 3 nitrogen and oxygen atoms in total. The number of nitrogens with one attached hydrogen (secondary N) is 1. The third-order valence-electron chi connectivity index (χ3n) is 2.10.